The van der Waals surface area contributed by atoms with Crippen molar-refractivity contribution in [2.75, 3.05) is 5.73 Å². The molecule has 2 heterocycles. The van der Waals surface area contributed by atoms with Gasteiger partial charge in [-0.1, -0.05) is 0 Å². The van der Waals surface area contributed by atoms with E-state index in [0.29, 0.717) is 24.4 Å². The Kier molecular flexibility index (Phi) is 3.53. The molecule has 2 aromatic rings. The van der Waals surface area contributed by atoms with Crippen molar-refractivity contribution in [3.8, 4) is 0 Å². The summed E-state index contributed by atoms with van der Waals surface area (Å²) in [5, 5.41) is 2.34. The van der Waals surface area contributed by atoms with Crippen LogP contribution < -0.4 is 5.73 Å². The van der Waals surface area contributed by atoms with Gasteiger partial charge in [-0.3, -0.25) is 4.79 Å². The van der Waals surface area contributed by atoms with E-state index in [1.165, 1.54) is 11.3 Å². The molecule has 0 atom stereocenters. The zero-order valence-corrected chi connectivity index (χ0v) is 10.4. The third kappa shape index (κ3) is 3.13. The van der Waals surface area contributed by atoms with E-state index in [4.69, 9.17) is 5.73 Å². The topological polar surface area (TPSA) is 73.8 Å². The second-order valence-electron chi connectivity index (χ2n) is 3.85. The smallest absolute Gasteiger partial charge is 0.180 e. The molecule has 0 aliphatic rings. The Balaban J connectivity index is 1.84. The fourth-order valence-corrected chi connectivity index (χ4v) is 2.15. The van der Waals surface area contributed by atoms with Crippen LogP contribution in [0.1, 0.15) is 17.9 Å². The van der Waals surface area contributed by atoms with Gasteiger partial charge in [-0.25, -0.2) is 9.97 Å². The highest BCUT2D eigenvalue weighted by atomic mass is 32.1. The highest BCUT2D eigenvalue weighted by Crippen LogP contribution is 2.12. The predicted octanol–water partition coefficient (Wildman–Crippen LogP) is 1.20. The number of anilines is 1. The number of thiazole rings is 1. The van der Waals surface area contributed by atoms with Crippen molar-refractivity contribution in [3.05, 3.63) is 29.3 Å². The molecule has 17 heavy (non-hydrogen) atoms. The number of rotatable bonds is 5. The first-order valence-corrected chi connectivity index (χ1v) is 6.21. The third-order valence-corrected chi connectivity index (χ3v) is 3.22. The van der Waals surface area contributed by atoms with Crippen molar-refractivity contribution in [2.24, 2.45) is 7.05 Å². The zero-order chi connectivity index (χ0) is 12.3. The van der Waals surface area contributed by atoms with E-state index >= 15 is 0 Å². The molecular weight excluding hydrogens is 236 g/mol. The lowest BCUT2D eigenvalue weighted by Crippen LogP contribution is -2.07. The minimum absolute atomic E-state index is 0.165. The van der Waals surface area contributed by atoms with Crippen LogP contribution in [0.15, 0.2) is 17.8 Å². The second-order valence-corrected chi connectivity index (χ2v) is 4.74. The summed E-state index contributed by atoms with van der Waals surface area (Å²) in [5.74, 6) is 1.09. The Hall–Kier alpha value is -1.69. The van der Waals surface area contributed by atoms with Crippen LogP contribution in [0.4, 0.5) is 5.13 Å². The van der Waals surface area contributed by atoms with Crippen molar-refractivity contribution in [2.45, 2.75) is 19.3 Å². The van der Waals surface area contributed by atoms with Gasteiger partial charge in [-0.2, -0.15) is 0 Å². The zero-order valence-electron chi connectivity index (χ0n) is 9.59. The van der Waals surface area contributed by atoms with Crippen LogP contribution >= 0.6 is 11.3 Å². The predicted molar refractivity (Wildman–Crippen MR) is 66.8 cm³/mol. The number of imidazole rings is 1. The molecule has 0 fully saturated rings. The average Bonchev–Trinajstić information content (AvgIpc) is 2.85. The van der Waals surface area contributed by atoms with Gasteiger partial charge < -0.3 is 10.3 Å². The fraction of sp³-hybridized carbons (Fsp3) is 0.364. The molecule has 90 valence electrons. The van der Waals surface area contributed by atoms with Crippen LogP contribution in [0.3, 0.4) is 0 Å². The monoisotopic (exact) mass is 250 g/mol. The van der Waals surface area contributed by atoms with E-state index in [2.05, 4.69) is 9.97 Å². The first-order valence-electron chi connectivity index (χ1n) is 5.33. The van der Waals surface area contributed by atoms with E-state index in [0.717, 1.165) is 11.5 Å². The Morgan fingerprint density at radius 3 is 3.00 bits per heavy atom. The molecule has 6 heteroatoms. The summed E-state index contributed by atoms with van der Waals surface area (Å²) < 4.78 is 1.92. The van der Waals surface area contributed by atoms with Gasteiger partial charge in [0.25, 0.3) is 0 Å². The number of ketones is 1. The number of hydrogen-bond donors (Lipinski definition) is 1. The van der Waals surface area contributed by atoms with E-state index in [-0.39, 0.29) is 5.78 Å². The molecule has 0 spiro atoms. The molecule has 2 aromatic heterocycles. The quantitative estimate of drug-likeness (QED) is 0.865. The molecule has 0 saturated heterocycles. The Morgan fingerprint density at radius 1 is 1.59 bits per heavy atom. The van der Waals surface area contributed by atoms with Gasteiger partial charge in [-0.05, 0) is 0 Å². The lowest BCUT2D eigenvalue weighted by molar-refractivity contribution is -0.118. The molecule has 0 unspecified atom stereocenters. The average molecular weight is 250 g/mol. The summed E-state index contributed by atoms with van der Waals surface area (Å²) in [6.45, 7) is 0. The number of aromatic nitrogens is 3. The molecule has 0 aliphatic heterocycles. The summed E-state index contributed by atoms with van der Waals surface area (Å²) in [4.78, 5) is 20.0. The van der Waals surface area contributed by atoms with E-state index < -0.39 is 0 Å². The van der Waals surface area contributed by atoms with Crippen LogP contribution in [-0.2, 0) is 24.7 Å². The summed E-state index contributed by atoms with van der Waals surface area (Å²) in [6.07, 6.45) is 5.13. The van der Waals surface area contributed by atoms with Gasteiger partial charge in [0.2, 0.25) is 0 Å². The van der Waals surface area contributed by atoms with Crippen LogP contribution in [0.25, 0.3) is 0 Å². The Bertz CT molecular complexity index is 517. The van der Waals surface area contributed by atoms with Gasteiger partial charge in [-0.15, -0.1) is 11.3 Å². The summed E-state index contributed by atoms with van der Waals surface area (Å²) in [7, 11) is 1.92. The largest absolute Gasteiger partial charge is 0.375 e. The number of nitrogens with zero attached hydrogens (tertiary/aromatic N) is 3. The number of hydrogen-bond acceptors (Lipinski definition) is 5. The molecule has 0 aromatic carbocycles. The molecular formula is C11H14N4OS. The van der Waals surface area contributed by atoms with Crippen molar-refractivity contribution in [3.63, 3.8) is 0 Å². The Morgan fingerprint density at radius 2 is 2.41 bits per heavy atom. The highest BCUT2D eigenvalue weighted by molar-refractivity contribution is 7.13. The first kappa shape index (κ1) is 11.8. The minimum Gasteiger partial charge on any atom is -0.375 e. The number of carbonyl (C=O) groups excluding carboxylic acids is 1. The van der Waals surface area contributed by atoms with Gasteiger partial charge in [0.05, 0.1) is 5.69 Å². The third-order valence-electron chi connectivity index (χ3n) is 2.50. The van der Waals surface area contributed by atoms with E-state index in [9.17, 15) is 4.79 Å². The number of nitrogen functional groups attached to an aromatic ring is 1. The van der Waals surface area contributed by atoms with Crippen molar-refractivity contribution in [1.29, 1.82) is 0 Å². The standard InChI is InChI=1S/C11H14N4OS/c1-15-5-4-13-10(15)3-2-9(16)6-8-7-17-11(12)14-8/h4-5,7H,2-3,6H2,1H3,(H2,12,14). The maximum Gasteiger partial charge on any atom is 0.180 e. The number of aryl methyl sites for hydroxylation is 2. The highest BCUT2D eigenvalue weighted by Gasteiger charge is 2.08. The maximum absolute atomic E-state index is 11.7. The Labute approximate surface area is 103 Å². The minimum atomic E-state index is 0.165. The lowest BCUT2D eigenvalue weighted by Gasteiger charge is -2.00. The van der Waals surface area contributed by atoms with Crippen molar-refractivity contribution < 1.29 is 4.79 Å². The summed E-state index contributed by atoms with van der Waals surface area (Å²) in [5.41, 5.74) is 6.27. The lowest BCUT2D eigenvalue weighted by atomic mass is 10.1. The molecule has 0 radical (unpaired) electrons. The second kappa shape index (κ2) is 5.09. The number of Topliss-reactive ketones (excluding diaryl/α,β-unsaturated/α-hetero) is 1. The molecule has 2 rings (SSSR count). The number of carbonyl (C=O) groups is 1. The molecule has 2 N–H and O–H groups in total. The van der Waals surface area contributed by atoms with Crippen LogP contribution in [0.5, 0.6) is 0 Å². The maximum atomic E-state index is 11.7. The summed E-state index contributed by atoms with van der Waals surface area (Å²) in [6, 6.07) is 0. The van der Waals surface area contributed by atoms with Crippen molar-refractivity contribution in [1.82, 2.24) is 14.5 Å². The van der Waals surface area contributed by atoms with Crippen molar-refractivity contribution >= 4 is 22.3 Å². The molecule has 0 aliphatic carbocycles. The first-order chi connectivity index (χ1) is 8.15. The van der Waals surface area contributed by atoms with Crippen LogP contribution in [0.2, 0.25) is 0 Å². The van der Waals surface area contributed by atoms with Gasteiger partial charge >= 0.3 is 0 Å². The van der Waals surface area contributed by atoms with E-state index in [1.807, 2.05) is 23.2 Å². The van der Waals surface area contributed by atoms with Crippen LogP contribution in [0, 0.1) is 0 Å². The van der Waals surface area contributed by atoms with Gasteiger partial charge in [0, 0.05) is 44.1 Å². The van der Waals surface area contributed by atoms with Crippen LogP contribution in [-0.4, -0.2) is 20.3 Å². The fourth-order valence-electron chi connectivity index (χ4n) is 1.58. The molecule has 0 amide bonds. The van der Waals surface area contributed by atoms with E-state index in [1.54, 1.807) is 6.20 Å². The molecule has 5 nitrogen and oxygen atoms in total. The molecule has 0 bridgehead atoms. The normalized spacial score (nSPS) is 10.6. The molecule has 0 saturated carbocycles. The number of nitrogens with two attached hydrogens (primary N) is 1. The summed E-state index contributed by atoms with van der Waals surface area (Å²) >= 11 is 1.36. The van der Waals surface area contributed by atoms with Gasteiger partial charge in [0.15, 0.2) is 5.13 Å². The SMILES string of the molecule is Cn1ccnc1CCC(=O)Cc1csc(N)n1. The van der Waals surface area contributed by atoms with Gasteiger partial charge in [0.1, 0.15) is 11.6 Å².